The van der Waals surface area contributed by atoms with Crippen LogP contribution in [0.4, 0.5) is 0 Å². The number of hydrogen-bond acceptors (Lipinski definition) is 3. The van der Waals surface area contributed by atoms with E-state index in [0.29, 0.717) is 6.10 Å². The summed E-state index contributed by atoms with van der Waals surface area (Å²) in [5.41, 5.74) is 1.11. The van der Waals surface area contributed by atoms with E-state index in [9.17, 15) is 0 Å². The highest BCUT2D eigenvalue weighted by Gasteiger charge is 2.19. The molecule has 1 aliphatic heterocycles. The number of morpholine rings is 1. The monoisotopic (exact) mass is 226 g/mol. The van der Waals surface area contributed by atoms with Crippen LogP contribution in [0.1, 0.15) is 33.1 Å². The van der Waals surface area contributed by atoms with Gasteiger partial charge in [-0.25, -0.2) is 0 Å². The molecule has 0 aromatic carbocycles. The highest BCUT2D eigenvalue weighted by Crippen LogP contribution is 2.06. The van der Waals surface area contributed by atoms with E-state index >= 15 is 0 Å². The van der Waals surface area contributed by atoms with Crippen LogP contribution in [0.15, 0.2) is 12.3 Å². The molecule has 3 nitrogen and oxygen atoms in total. The second-order valence-corrected chi connectivity index (χ2v) is 4.48. The minimum Gasteiger partial charge on any atom is -0.386 e. The lowest BCUT2D eigenvalue weighted by Crippen LogP contribution is -2.46. The summed E-state index contributed by atoms with van der Waals surface area (Å²) in [4.78, 5) is 2.51. The van der Waals surface area contributed by atoms with E-state index in [1.165, 1.54) is 19.4 Å². The van der Waals surface area contributed by atoms with Gasteiger partial charge in [-0.3, -0.25) is 4.90 Å². The first-order chi connectivity index (χ1) is 7.76. The summed E-state index contributed by atoms with van der Waals surface area (Å²) in [6, 6.07) is 0. The van der Waals surface area contributed by atoms with Crippen molar-refractivity contribution >= 4 is 0 Å². The predicted octanol–water partition coefficient (Wildman–Crippen LogP) is 2.00. The average molecular weight is 226 g/mol. The Morgan fingerprint density at radius 2 is 2.31 bits per heavy atom. The minimum absolute atomic E-state index is 0.328. The van der Waals surface area contributed by atoms with Gasteiger partial charge in [0.2, 0.25) is 0 Å². The Morgan fingerprint density at radius 3 is 3.00 bits per heavy atom. The topological polar surface area (TPSA) is 24.5 Å². The van der Waals surface area contributed by atoms with Crippen molar-refractivity contribution in [2.24, 2.45) is 0 Å². The molecular weight excluding hydrogens is 200 g/mol. The zero-order chi connectivity index (χ0) is 11.8. The summed E-state index contributed by atoms with van der Waals surface area (Å²) in [5, 5.41) is 3.33. The van der Waals surface area contributed by atoms with Gasteiger partial charge in [0.25, 0.3) is 0 Å². The Morgan fingerprint density at radius 1 is 1.50 bits per heavy atom. The molecule has 1 heterocycles. The molecule has 0 saturated carbocycles. The zero-order valence-electron chi connectivity index (χ0n) is 10.8. The van der Waals surface area contributed by atoms with Gasteiger partial charge in [0.1, 0.15) is 0 Å². The zero-order valence-corrected chi connectivity index (χ0v) is 10.8. The van der Waals surface area contributed by atoms with E-state index in [1.807, 2.05) is 0 Å². The second kappa shape index (κ2) is 7.69. The first-order valence-corrected chi connectivity index (χ1v) is 6.51. The highest BCUT2D eigenvalue weighted by atomic mass is 16.5. The third-order valence-corrected chi connectivity index (χ3v) is 3.06. The van der Waals surface area contributed by atoms with Crippen LogP contribution in [0.5, 0.6) is 0 Å². The van der Waals surface area contributed by atoms with Crippen molar-refractivity contribution in [3.8, 4) is 0 Å². The summed E-state index contributed by atoms with van der Waals surface area (Å²) >= 11 is 0. The molecule has 0 aliphatic carbocycles. The van der Waals surface area contributed by atoms with Crippen LogP contribution in [0.2, 0.25) is 0 Å². The highest BCUT2D eigenvalue weighted by molar-refractivity contribution is 4.90. The number of unbranched alkanes of at least 4 members (excludes halogenated alkanes) is 1. The molecule has 1 aliphatic rings. The van der Waals surface area contributed by atoms with Crippen molar-refractivity contribution in [3.05, 3.63) is 12.3 Å². The molecule has 0 radical (unpaired) electrons. The Bertz CT molecular complexity index is 206. The normalized spacial score (nSPS) is 22.0. The summed E-state index contributed by atoms with van der Waals surface area (Å²) < 4.78 is 5.74. The molecule has 0 spiro atoms. The summed E-state index contributed by atoms with van der Waals surface area (Å²) in [6.07, 6.45) is 3.88. The SMILES string of the molecule is C=C(CC)NCC1CN(CCCC)CCO1. The van der Waals surface area contributed by atoms with Crippen LogP contribution >= 0.6 is 0 Å². The van der Waals surface area contributed by atoms with Gasteiger partial charge in [0.05, 0.1) is 12.7 Å². The van der Waals surface area contributed by atoms with Gasteiger partial charge in [-0.1, -0.05) is 26.8 Å². The third kappa shape index (κ3) is 4.99. The van der Waals surface area contributed by atoms with E-state index in [0.717, 1.165) is 38.4 Å². The van der Waals surface area contributed by atoms with Gasteiger partial charge < -0.3 is 10.1 Å². The molecular formula is C13H26N2O. The molecule has 3 heteroatoms. The predicted molar refractivity (Wildman–Crippen MR) is 68.5 cm³/mol. The summed E-state index contributed by atoms with van der Waals surface area (Å²) in [5.74, 6) is 0. The molecule has 16 heavy (non-hydrogen) atoms. The average Bonchev–Trinajstić information content (AvgIpc) is 2.34. The van der Waals surface area contributed by atoms with Crippen molar-refractivity contribution in [3.63, 3.8) is 0 Å². The fourth-order valence-corrected chi connectivity index (χ4v) is 1.87. The molecule has 1 fully saturated rings. The first-order valence-electron chi connectivity index (χ1n) is 6.51. The smallest absolute Gasteiger partial charge is 0.0874 e. The number of ether oxygens (including phenoxy) is 1. The summed E-state index contributed by atoms with van der Waals surface area (Å²) in [6.45, 7) is 13.4. The number of nitrogens with one attached hydrogen (secondary N) is 1. The van der Waals surface area contributed by atoms with Crippen molar-refractivity contribution in [1.29, 1.82) is 0 Å². The quantitative estimate of drug-likeness (QED) is 0.718. The van der Waals surface area contributed by atoms with E-state index in [2.05, 4.69) is 30.6 Å². The van der Waals surface area contributed by atoms with Crippen molar-refractivity contribution < 1.29 is 4.74 Å². The fraction of sp³-hybridized carbons (Fsp3) is 0.846. The molecule has 0 amide bonds. The molecule has 1 N–H and O–H groups in total. The minimum atomic E-state index is 0.328. The van der Waals surface area contributed by atoms with Crippen LogP contribution in [-0.2, 0) is 4.74 Å². The summed E-state index contributed by atoms with van der Waals surface area (Å²) in [7, 11) is 0. The van der Waals surface area contributed by atoms with E-state index in [-0.39, 0.29) is 0 Å². The van der Waals surface area contributed by atoms with Gasteiger partial charge in [-0.15, -0.1) is 0 Å². The van der Waals surface area contributed by atoms with Crippen LogP contribution in [0.3, 0.4) is 0 Å². The maximum Gasteiger partial charge on any atom is 0.0874 e. The van der Waals surface area contributed by atoms with Crippen LogP contribution in [0.25, 0.3) is 0 Å². The Labute approximate surface area is 99.8 Å². The van der Waals surface area contributed by atoms with Gasteiger partial charge in [0, 0.05) is 25.3 Å². The maximum absolute atomic E-state index is 5.74. The lowest BCUT2D eigenvalue weighted by Gasteiger charge is -2.33. The lowest BCUT2D eigenvalue weighted by atomic mass is 10.2. The van der Waals surface area contributed by atoms with Crippen molar-refractivity contribution in [1.82, 2.24) is 10.2 Å². The van der Waals surface area contributed by atoms with Gasteiger partial charge in [-0.05, 0) is 19.4 Å². The van der Waals surface area contributed by atoms with E-state index < -0.39 is 0 Å². The van der Waals surface area contributed by atoms with Crippen molar-refractivity contribution in [2.75, 3.05) is 32.8 Å². The van der Waals surface area contributed by atoms with Crippen LogP contribution in [0, 0.1) is 0 Å². The molecule has 94 valence electrons. The van der Waals surface area contributed by atoms with Gasteiger partial charge >= 0.3 is 0 Å². The first kappa shape index (κ1) is 13.5. The lowest BCUT2D eigenvalue weighted by molar-refractivity contribution is -0.0263. The largest absolute Gasteiger partial charge is 0.386 e. The van der Waals surface area contributed by atoms with E-state index in [1.54, 1.807) is 0 Å². The molecule has 1 unspecified atom stereocenters. The number of nitrogens with zero attached hydrogens (tertiary/aromatic N) is 1. The number of rotatable bonds is 7. The van der Waals surface area contributed by atoms with Crippen LogP contribution < -0.4 is 5.32 Å². The van der Waals surface area contributed by atoms with Crippen molar-refractivity contribution in [2.45, 2.75) is 39.2 Å². The molecule has 0 aromatic rings. The molecule has 1 rings (SSSR count). The third-order valence-electron chi connectivity index (χ3n) is 3.06. The Kier molecular flexibility index (Phi) is 6.50. The second-order valence-electron chi connectivity index (χ2n) is 4.48. The molecule has 1 saturated heterocycles. The molecule has 0 bridgehead atoms. The van der Waals surface area contributed by atoms with E-state index in [4.69, 9.17) is 4.74 Å². The fourth-order valence-electron chi connectivity index (χ4n) is 1.87. The Hall–Kier alpha value is -0.540. The van der Waals surface area contributed by atoms with Crippen LogP contribution in [-0.4, -0.2) is 43.8 Å². The molecule has 1 atom stereocenters. The van der Waals surface area contributed by atoms with Gasteiger partial charge in [-0.2, -0.15) is 0 Å². The Balaban J connectivity index is 2.19. The standard InChI is InChI=1S/C13H26N2O/c1-4-6-7-15-8-9-16-13(11-15)10-14-12(3)5-2/h13-14H,3-11H2,1-2H3. The molecule has 0 aromatic heterocycles. The van der Waals surface area contributed by atoms with Gasteiger partial charge in [0.15, 0.2) is 0 Å². The maximum atomic E-state index is 5.74. The number of allylic oxidation sites excluding steroid dienone is 1. The number of hydrogen-bond donors (Lipinski definition) is 1.